The lowest BCUT2D eigenvalue weighted by molar-refractivity contribution is 0.242. The number of aromatic nitrogens is 2. The van der Waals surface area contributed by atoms with Gasteiger partial charge in [0.15, 0.2) is 11.8 Å². The molecule has 1 aromatic carbocycles. The summed E-state index contributed by atoms with van der Waals surface area (Å²) in [6.07, 6.45) is 4.11. The molecule has 8 nitrogen and oxygen atoms in total. The summed E-state index contributed by atoms with van der Waals surface area (Å²) in [6, 6.07) is 11.7. The average Bonchev–Trinajstić information content (AvgIpc) is 3.44. The zero-order valence-electron chi connectivity index (χ0n) is 19.3. The Balaban J connectivity index is 1.55. The molecule has 2 N–H and O–H groups in total. The predicted octanol–water partition coefficient (Wildman–Crippen LogP) is 4.81. The summed E-state index contributed by atoms with van der Waals surface area (Å²) in [5.41, 5.74) is 0.934. The van der Waals surface area contributed by atoms with E-state index in [2.05, 4.69) is 20.8 Å². The maximum Gasteiger partial charge on any atom is 0.226 e. The van der Waals surface area contributed by atoms with E-state index < -0.39 is 0 Å². The van der Waals surface area contributed by atoms with E-state index in [9.17, 15) is 0 Å². The van der Waals surface area contributed by atoms with E-state index in [4.69, 9.17) is 18.7 Å². The van der Waals surface area contributed by atoms with Crippen LogP contribution in [0.5, 0.6) is 5.75 Å². The number of guanidine groups is 1. The standard InChI is InChI=1S/C24H33N5O3/c1-17(2)23-28-22(32-29-23)8-5-14-25-24(26-15-13-20-7-6-16-30-20)27-19-9-11-21(12-10-19)31-18(3)4/h6-7,9-12,16-18H,5,8,13-15H2,1-4H3,(H2,25,26,27). The first-order valence-electron chi connectivity index (χ1n) is 11.2. The van der Waals surface area contributed by atoms with Crippen LogP contribution < -0.4 is 15.4 Å². The van der Waals surface area contributed by atoms with Crippen LogP contribution in [0.2, 0.25) is 0 Å². The molecule has 2 aromatic heterocycles. The summed E-state index contributed by atoms with van der Waals surface area (Å²) in [4.78, 5) is 9.13. The maximum atomic E-state index is 5.71. The van der Waals surface area contributed by atoms with Crippen molar-refractivity contribution in [3.05, 3.63) is 60.1 Å². The van der Waals surface area contributed by atoms with Crippen molar-refractivity contribution in [2.75, 3.05) is 18.4 Å². The van der Waals surface area contributed by atoms with E-state index in [0.29, 0.717) is 31.4 Å². The second-order valence-electron chi connectivity index (χ2n) is 8.11. The number of hydrogen-bond acceptors (Lipinski definition) is 6. The highest BCUT2D eigenvalue weighted by molar-refractivity contribution is 5.93. The smallest absolute Gasteiger partial charge is 0.226 e. The molecular weight excluding hydrogens is 406 g/mol. The van der Waals surface area contributed by atoms with Crippen molar-refractivity contribution in [3.8, 4) is 5.75 Å². The van der Waals surface area contributed by atoms with E-state index in [1.807, 2.05) is 64.1 Å². The van der Waals surface area contributed by atoms with Crippen LogP contribution in [0, 0.1) is 0 Å². The first kappa shape index (κ1) is 23.4. The van der Waals surface area contributed by atoms with Crippen LogP contribution in [0.3, 0.4) is 0 Å². The van der Waals surface area contributed by atoms with E-state index in [-0.39, 0.29) is 12.0 Å². The molecule has 0 aliphatic carbocycles. The molecule has 2 heterocycles. The molecule has 0 amide bonds. The van der Waals surface area contributed by atoms with Gasteiger partial charge in [0.25, 0.3) is 0 Å². The van der Waals surface area contributed by atoms with E-state index in [1.54, 1.807) is 6.26 Å². The van der Waals surface area contributed by atoms with Gasteiger partial charge in [0.1, 0.15) is 11.5 Å². The largest absolute Gasteiger partial charge is 0.491 e. The van der Waals surface area contributed by atoms with Gasteiger partial charge in [-0.3, -0.25) is 4.99 Å². The molecule has 0 aliphatic heterocycles. The summed E-state index contributed by atoms with van der Waals surface area (Å²) in [7, 11) is 0. The Morgan fingerprint density at radius 2 is 1.91 bits per heavy atom. The van der Waals surface area contributed by atoms with Crippen LogP contribution in [0.4, 0.5) is 5.69 Å². The summed E-state index contributed by atoms with van der Waals surface area (Å²) in [5, 5.41) is 10.7. The maximum absolute atomic E-state index is 5.71. The van der Waals surface area contributed by atoms with Gasteiger partial charge in [-0.1, -0.05) is 19.0 Å². The Labute approximate surface area is 189 Å². The number of rotatable bonds is 11. The number of benzene rings is 1. The van der Waals surface area contributed by atoms with Gasteiger partial charge in [-0.15, -0.1) is 0 Å². The normalized spacial score (nSPS) is 11.9. The predicted molar refractivity (Wildman–Crippen MR) is 125 cm³/mol. The highest BCUT2D eigenvalue weighted by Crippen LogP contribution is 2.17. The third kappa shape index (κ3) is 7.76. The minimum absolute atomic E-state index is 0.143. The molecule has 0 fully saturated rings. The second-order valence-corrected chi connectivity index (χ2v) is 8.11. The molecule has 0 aliphatic rings. The highest BCUT2D eigenvalue weighted by atomic mass is 16.5. The fourth-order valence-corrected chi connectivity index (χ4v) is 2.95. The minimum atomic E-state index is 0.143. The van der Waals surface area contributed by atoms with Crippen molar-refractivity contribution in [1.82, 2.24) is 15.5 Å². The minimum Gasteiger partial charge on any atom is -0.491 e. The number of nitrogens with zero attached hydrogens (tertiary/aromatic N) is 3. The zero-order valence-corrected chi connectivity index (χ0v) is 19.3. The number of hydrogen-bond donors (Lipinski definition) is 2. The van der Waals surface area contributed by atoms with Gasteiger partial charge in [-0.25, -0.2) is 0 Å². The summed E-state index contributed by atoms with van der Waals surface area (Å²) >= 11 is 0. The summed E-state index contributed by atoms with van der Waals surface area (Å²) in [6.45, 7) is 9.45. The van der Waals surface area contributed by atoms with Gasteiger partial charge in [0.2, 0.25) is 5.89 Å². The molecule has 3 aromatic rings. The lowest BCUT2D eigenvalue weighted by Crippen LogP contribution is -2.32. The van der Waals surface area contributed by atoms with Crippen LogP contribution >= 0.6 is 0 Å². The first-order valence-corrected chi connectivity index (χ1v) is 11.2. The van der Waals surface area contributed by atoms with Crippen LogP contribution in [-0.2, 0) is 12.8 Å². The molecule has 8 heteroatoms. The lowest BCUT2D eigenvalue weighted by Gasteiger charge is -2.14. The number of aryl methyl sites for hydroxylation is 1. The molecule has 0 atom stereocenters. The fourth-order valence-electron chi connectivity index (χ4n) is 2.95. The van der Waals surface area contributed by atoms with Gasteiger partial charge >= 0.3 is 0 Å². The van der Waals surface area contributed by atoms with Gasteiger partial charge in [0, 0.05) is 37.5 Å². The fraction of sp³-hybridized carbons (Fsp3) is 0.458. The molecule has 3 rings (SSSR count). The van der Waals surface area contributed by atoms with Crippen molar-refractivity contribution in [2.45, 2.75) is 59.0 Å². The van der Waals surface area contributed by atoms with Crippen molar-refractivity contribution in [1.29, 1.82) is 0 Å². The van der Waals surface area contributed by atoms with Crippen molar-refractivity contribution in [2.24, 2.45) is 4.99 Å². The molecular formula is C24H33N5O3. The first-order chi connectivity index (χ1) is 15.5. The van der Waals surface area contributed by atoms with Crippen LogP contribution in [-0.4, -0.2) is 35.3 Å². The Morgan fingerprint density at radius 1 is 1.09 bits per heavy atom. The van der Waals surface area contributed by atoms with Crippen molar-refractivity contribution < 1.29 is 13.7 Å². The zero-order chi connectivity index (χ0) is 22.8. The van der Waals surface area contributed by atoms with Gasteiger partial charge in [-0.05, 0) is 56.7 Å². The Kier molecular flexibility index (Phi) is 8.71. The lowest BCUT2D eigenvalue weighted by atomic mass is 10.2. The van der Waals surface area contributed by atoms with Crippen molar-refractivity contribution >= 4 is 11.6 Å². The van der Waals surface area contributed by atoms with Gasteiger partial charge < -0.3 is 24.3 Å². The SMILES string of the molecule is CC(C)Oc1ccc(NC(=NCCCc2nc(C(C)C)no2)NCCc2ccco2)cc1. The number of anilines is 1. The van der Waals surface area contributed by atoms with E-state index in [1.165, 1.54) is 0 Å². The van der Waals surface area contributed by atoms with Crippen LogP contribution in [0.1, 0.15) is 57.5 Å². The van der Waals surface area contributed by atoms with E-state index >= 15 is 0 Å². The Hall–Kier alpha value is -3.29. The third-order valence-corrected chi connectivity index (χ3v) is 4.55. The van der Waals surface area contributed by atoms with Gasteiger partial charge in [-0.2, -0.15) is 4.98 Å². The number of aliphatic imine (C=N–C) groups is 1. The van der Waals surface area contributed by atoms with Gasteiger partial charge in [0.05, 0.1) is 12.4 Å². The monoisotopic (exact) mass is 439 g/mol. The van der Waals surface area contributed by atoms with Crippen LogP contribution in [0.25, 0.3) is 0 Å². The van der Waals surface area contributed by atoms with E-state index in [0.717, 1.165) is 35.9 Å². The topological polar surface area (TPSA) is 97.7 Å². The molecule has 0 bridgehead atoms. The Morgan fingerprint density at radius 3 is 2.56 bits per heavy atom. The quantitative estimate of drug-likeness (QED) is 0.251. The number of nitrogens with one attached hydrogen (secondary N) is 2. The summed E-state index contributed by atoms with van der Waals surface area (Å²) in [5.74, 6) is 4.15. The third-order valence-electron chi connectivity index (χ3n) is 4.55. The average molecular weight is 440 g/mol. The highest BCUT2D eigenvalue weighted by Gasteiger charge is 2.09. The molecule has 0 saturated carbocycles. The number of ether oxygens (including phenoxy) is 1. The molecule has 0 unspecified atom stereocenters. The molecule has 0 saturated heterocycles. The molecule has 172 valence electrons. The summed E-state index contributed by atoms with van der Waals surface area (Å²) < 4.78 is 16.4. The molecule has 0 radical (unpaired) electrons. The number of furan rings is 1. The molecule has 0 spiro atoms. The molecule has 32 heavy (non-hydrogen) atoms. The van der Waals surface area contributed by atoms with Crippen LogP contribution in [0.15, 0.2) is 56.6 Å². The second kappa shape index (κ2) is 11.9. The van der Waals surface area contributed by atoms with Crippen molar-refractivity contribution in [3.63, 3.8) is 0 Å². The Bertz CT molecular complexity index is 946.